The van der Waals surface area contributed by atoms with Gasteiger partial charge in [0, 0.05) is 42.6 Å². The van der Waals surface area contributed by atoms with Crippen LogP contribution in [0.1, 0.15) is 43.2 Å². The number of halogens is 3. The number of anilines is 1. The monoisotopic (exact) mass is 522 g/mol. The number of nitrogens with one attached hydrogen (secondary N) is 2. The van der Waals surface area contributed by atoms with E-state index in [1.54, 1.807) is 10.9 Å². The number of rotatable bonds is 7. The van der Waals surface area contributed by atoms with Crippen molar-refractivity contribution in [1.82, 2.24) is 25.0 Å². The number of hydrogen-bond acceptors (Lipinski definition) is 7. The lowest BCUT2D eigenvalue weighted by Gasteiger charge is -2.47. The Morgan fingerprint density at radius 1 is 1.28 bits per heavy atom. The van der Waals surface area contributed by atoms with Crippen molar-refractivity contribution in [3.05, 3.63) is 40.3 Å². The first-order valence-electron chi connectivity index (χ1n) is 12.1. The van der Waals surface area contributed by atoms with Crippen LogP contribution in [0.3, 0.4) is 0 Å². The van der Waals surface area contributed by atoms with E-state index >= 15 is 0 Å². The minimum atomic E-state index is -4.45. The van der Waals surface area contributed by atoms with E-state index in [9.17, 15) is 23.1 Å². The molecule has 1 saturated heterocycles. The molecule has 8 nitrogen and oxygen atoms in total. The molecule has 1 aliphatic carbocycles. The van der Waals surface area contributed by atoms with Gasteiger partial charge in [-0.25, -0.2) is 4.98 Å². The average Bonchev–Trinajstić information content (AvgIpc) is 3.48. The van der Waals surface area contributed by atoms with Gasteiger partial charge in [0.05, 0.1) is 23.7 Å². The first kappa shape index (κ1) is 25.0. The van der Waals surface area contributed by atoms with Gasteiger partial charge in [0.15, 0.2) is 5.82 Å². The summed E-state index contributed by atoms with van der Waals surface area (Å²) in [6, 6.07) is 3.93. The van der Waals surface area contributed by atoms with Crippen LogP contribution in [0.4, 0.5) is 19.0 Å². The Balaban J connectivity index is 1.11. The van der Waals surface area contributed by atoms with Crippen LogP contribution in [0.5, 0.6) is 0 Å². The number of benzene rings is 1. The van der Waals surface area contributed by atoms with Gasteiger partial charge in [-0.15, -0.1) is 11.3 Å². The highest BCUT2D eigenvalue weighted by Crippen LogP contribution is 2.40. The fourth-order valence-corrected chi connectivity index (χ4v) is 5.98. The highest BCUT2D eigenvalue weighted by atomic mass is 32.1. The molecule has 3 N–H and O–H groups in total. The van der Waals surface area contributed by atoms with Crippen LogP contribution in [0.25, 0.3) is 10.9 Å². The van der Waals surface area contributed by atoms with Gasteiger partial charge >= 0.3 is 6.18 Å². The quantitative estimate of drug-likeness (QED) is 0.439. The molecule has 0 radical (unpaired) electrons. The lowest BCUT2D eigenvalue weighted by Crippen LogP contribution is -2.63. The SMILES string of the molecule is CCn1nc(NCC(=O)NC2CN([C@H]3CC[C@@](O)(c4nccs4)CC3)C2)c2cc(C(F)(F)F)ccc21. The Bertz CT molecular complexity index is 1210. The predicted molar refractivity (Wildman–Crippen MR) is 131 cm³/mol. The first-order valence-corrected chi connectivity index (χ1v) is 13.0. The van der Waals surface area contributed by atoms with Gasteiger partial charge in [-0.2, -0.15) is 18.3 Å². The van der Waals surface area contributed by atoms with E-state index in [1.165, 1.54) is 17.4 Å². The Labute approximate surface area is 210 Å². The molecule has 194 valence electrons. The molecular weight excluding hydrogens is 493 g/mol. The van der Waals surface area contributed by atoms with Gasteiger partial charge in [0.1, 0.15) is 10.6 Å². The molecule has 12 heteroatoms. The molecule has 1 amide bonds. The normalized spacial score (nSPS) is 23.5. The third kappa shape index (κ3) is 4.94. The molecule has 3 heterocycles. The third-order valence-corrected chi connectivity index (χ3v) is 8.16. The van der Waals surface area contributed by atoms with E-state index in [0.717, 1.165) is 43.1 Å². The van der Waals surface area contributed by atoms with E-state index in [1.807, 2.05) is 12.3 Å². The molecule has 0 atom stereocenters. The van der Waals surface area contributed by atoms with Crippen LogP contribution in [0.15, 0.2) is 29.8 Å². The average molecular weight is 523 g/mol. The molecule has 0 bridgehead atoms. The molecule has 5 rings (SSSR count). The Hall–Kier alpha value is -2.70. The second-order valence-electron chi connectivity index (χ2n) is 9.57. The molecule has 1 aromatic carbocycles. The number of aliphatic hydroxyl groups is 1. The molecule has 2 aromatic heterocycles. The van der Waals surface area contributed by atoms with Gasteiger partial charge in [-0.05, 0) is 50.8 Å². The van der Waals surface area contributed by atoms with Crippen molar-refractivity contribution in [2.24, 2.45) is 0 Å². The third-order valence-electron chi connectivity index (χ3n) is 7.20. The summed E-state index contributed by atoms with van der Waals surface area (Å²) in [5, 5.41) is 24.1. The number of aromatic nitrogens is 3. The van der Waals surface area contributed by atoms with Crippen molar-refractivity contribution < 1.29 is 23.1 Å². The number of likely N-dealkylation sites (tertiary alicyclic amines) is 1. The largest absolute Gasteiger partial charge is 0.416 e. The fraction of sp³-hybridized carbons (Fsp3) is 0.542. The van der Waals surface area contributed by atoms with E-state index in [-0.39, 0.29) is 24.3 Å². The standard InChI is InChI=1S/C24H29F3N6O2S/c1-2-33-19-4-3-15(24(25,26)27)11-18(19)21(31-33)29-12-20(34)30-16-13-32(14-16)17-5-7-23(35,8-6-17)22-28-9-10-36-22/h3-4,9-11,16-17,35H,2,5-8,12-14H2,1H3,(H,29,31)(H,30,34)/t17-,23-. The fourth-order valence-electron chi connectivity index (χ4n) is 5.18. The smallest absolute Gasteiger partial charge is 0.383 e. The zero-order valence-electron chi connectivity index (χ0n) is 19.9. The summed E-state index contributed by atoms with van der Waals surface area (Å²) in [5.74, 6) is 0.0332. The Morgan fingerprint density at radius 3 is 2.67 bits per heavy atom. The number of carbonyl (C=O) groups is 1. The number of aryl methyl sites for hydroxylation is 1. The van der Waals surface area contributed by atoms with E-state index in [0.29, 0.717) is 36.3 Å². The number of hydrogen-bond donors (Lipinski definition) is 3. The van der Waals surface area contributed by atoms with Crippen LogP contribution in [-0.4, -0.2) is 62.4 Å². The number of nitrogens with zero attached hydrogens (tertiary/aromatic N) is 4. The number of carbonyl (C=O) groups excluding carboxylic acids is 1. The molecule has 2 fully saturated rings. The van der Waals surface area contributed by atoms with Gasteiger partial charge < -0.3 is 15.7 Å². The zero-order chi connectivity index (χ0) is 25.5. The van der Waals surface area contributed by atoms with Crippen LogP contribution in [0.2, 0.25) is 0 Å². The van der Waals surface area contributed by atoms with Gasteiger partial charge in [-0.1, -0.05) is 0 Å². The molecule has 1 aliphatic heterocycles. The van der Waals surface area contributed by atoms with E-state index in [2.05, 4.69) is 25.6 Å². The highest BCUT2D eigenvalue weighted by Gasteiger charge is 2.41. The molecule has 2 aliphatic rings. The summed E-state index contributed by atoms with van der Waals surface area (Å²) >= 11 is 1.49. The van der Waals surface area contributed by atoms with Crippen molar-refractivity contribution in [2.45, 2.75) is 63.0 Å². The van der Waals surface area contributed by atoms with E-state index in [4.69, 9.17) is 0 Å². The van der Waals surface area contributed by atoms with Crippen LogP contribution in [0, 0.1) is 0 Å². The summed E-state index contributed by atoms with van der Waals surface area (Å²) in [6.45, 7) is 3.76. The number of thiazole rings is 1. The molecule has 3 aromatic rings. The summed E-state index contributed by atoms with van der Waals surface area (Å²) in [6.07, 6.45) is 0.384. The molecular formula is C24H29F3N6O2S. The van der Waals surface area contributed by atoms with Crippen molar-refractivity contribution in [3.63, 3.8) is 0 Å². The lowest BCUT2D eigenvalue weighted by atomic mass is 9.81. The maximum atomic E-state index is 13.2. The minimum Gasteiger partial charge on any atom is -0.383 e. The molecule has 1 saturated carbocycles. The van der Waals surface area contributed by atoms with Gasteiger partial charge in [-0.3, -0.25) is 14.4 Å². The second kappa shape index (κ2) is 9.64. The van der Waals surface area contributed by atoms with Crippen molar-refractivity contribution in [3.8, 4) is 0 Å². The second-order valence-corrected chi connectivity index (χ2v) is 10.5. The number of fused-ring (bicyclic) bond motifs is 1. The summed E-state index contributed by atoms with van der Waals surface area (Å²) in [7, 11) is 0. The van der Waals surface area contributed by atoms with Crippen molar-refractivity contribution >= 4 is 34.0 Å². The molecule has 0 spiro atoms. The molecule has 0 unspecified atom stereocenters. The molecule has 36 heavy (non-hydrogen) atoms. The number of alkyl halides is 3. The minimum absolute atomic E-state index is 0.0286. The van der Waals surface area contributed by atoms with Crippen molar-refractivity contribution in [2.75, 3.05) is 25.0 Å². The topological polar surface area (TPSA) is 95.3 Å². The number of amides is 1. The van der Waals surface area contributed by atoms with Crippen LogP contribution in [-0.2, 0) is 23.1 Å². The maximum absolute atomic E-state index is 13.2. The zero-order valence-corrected chi connectivity index (χ0v) is 20.7. The summed E-state index contributed by atoms with van der Waals surface area (Å²) < 4.78 is 41.1. The highest BCUT2D eigenvalue weighted by molar-refractivity contribution is 7.09. The maximum Gasteiger partial charge on any atom is 0.416 e. The Morgan fingerprint density at radius 2 is 2.03 bits per heavy atom. The van der Waals surface area contributed by atoms with Gasteiger partial charge in [0.25, 0.3) is 0 Å². The van der Waals surface area contributed by atoms with E-state index < -0.39 is 17.3 Å². The summed E-state index contributed by atoms with van der Waals surface area (Å²) in [5.41, 5.74) is -0.997. The van der Waals surface area contributed by atoms with Crippen molar-refractivity contribution in [1.29, 1.82) is 0 Å². The summed E-state index contributed by atoms with van der Waals surface area (Å²) in [4.78, 5) is 19.1. The van der Waals surface area contributed by atoms with Crippen LogP contribution < -0.4 is 10.6 Å². The van der Waals surface area contributed by atoms with Gasteiger partial charge in [0.2, 0.25) is 5.91 Å². The predicted octanol–water partition coefficient (Wildman–Crippen LogP) is 3.57. The first-order chi connectivity index (χ1) is 17.2. The lowest BCUT2D eigenvalue weighted by molar-refractivity contribution is -0.137. The van der Waals surface area contributed by atoms with Crippen LogP contribution >= 0.6 is 11.3 Å². The Kier molecular flexibility index (Phi) is 6.69.